The van der Waals surface area contributed by atoms with E-state index in [1.165, 1.54) is 5.56 Å². The number of nitrogens with zero attached hydrogens (tertiary/aromatic N) is 3. The van der Waals surface area contributed by atoms with Crippen LogP contribution in [0, 0.1) is 6.92 Å². The zero-order valence-electron chi connectivity index (χ0n) is 10.4. The van der Waals surface area contributed by atoms with Crippen molar-refractivity contribution in [2.24, 2.45) is 5.73 Å². The molecule has 0 aliphatic heterocycles. The van der Waals surface area contributed by atoms with Gasteiger partial charge in [0.25, 0.3) is 0 Å². The molecule has 2 aromatic carbocycles. The van der Waals surface area contributed by atoms with E-state index in [1.54, 1.807) is 22.9 Å². The Bertz CT molecular complexity index is 759. The lowest BCUT2D eigenvalue weighted by Crippen LogP contribution is -2.10. The Hall–Kier alpha value is -2.69. The Balaban J connectivity index is 2.15. The van der Waals surface area contributed by atoms with Crippen molar-refractivity contribution in [1.82, 2.24) is 15.0 Å². The number of fused-ring (bicyclic) bond motifs is 1. The highest BCUT2D eigenvalue weighted by atomic mass is 16.1. The molecule has 0 aliphatic rings. The molecule has 1 aromatic heterocycles. The first-order chi connectivity index (χ1) is 9.15. The normalized spacial score (nSPS) is 10.8. The second-order valence-corrected chi connectivity index (χ2v) is 4.40. The van der Waals surface area contributed by atoms with Gasteiger partial charge in [0.1, 0.15) is 5.52 Å². The summed E-state index contributed by atoms with van der Waals surface area (Å²) in [6, 6.07) is 13.1. The Morgan fingerprint density at radius 1 is 1.16 bits per heavy atom. The van der Waals surface area contributed by atoms with Crippen LogP contribution in [0.1, 0.15) is 15.9 Å². The van der Waals surface area contributed by atoms with Crippen molar-refractivity contribution >= 4 is 16.9 Å². The number of aryl methyl sites for hydroxylation is 1. The molecule has 0 saturated heterocycles. The van der Waals surface area contributed by atoms with Crippen molar-refractivity contribution in [3.63, 3.8) is 0 Å². The van der Waals surface area contributed by atoms with Crippen LogP contribution in [0.15, 0.2) is 42.5 Å². The average Bonchev–Trinajstić information content (AvgIpc) is 2.82. The number of nitrogens with two attached hydrogens (primary N) is 1. The van der Waals surface area contributed by atoms with E-state index in [2.05, 4.69) is 10.3 Å². The molecule has 2 N–H and O–H groups in total. The number of hydrogen-bond acceptors (Lipinski definition) is 3. The van der Waals surface area contributed by atoms with E-state index in [0.717, 1.165) is 11.2 Å². The molecule has 5 heteroatoms. The Morgan fingerprint density at radius 2 is 1.89 bits per heavy atom. The van der Waals surface area contributed by atoms with E-state index in [9.17, 15) is 4.79 Å². The van der Waals surface area contributed by atoms with Crippen LogP contribution in [-0.2, 0) is 0 Å². The molecule has 0 unspecified atom stereocenters. The molecule has 19 heavy (non-hydrogen) atoms. The van der Waals surface area contributed by atoms with Gasteiger partial charge < -0.3 is 5.73 Å². The van der Waals surface area contributed by atoms with Crippen molar-refractivity contribution in [3.05, 3.63) is 53.6 Å². The third-order valence-electron chi connectivity index (χ3n) is 3.01. The lowest BCUT2D eigenvalue weighted by molar-refractivity contribution is 0.100. The molecule has 0 bridgehead atoms. The molecule has 3 rings (SSSR count). The van der Waals surface area contributed by atoms with Gasteiger partial charge in [-0.05, 0) is 37.3 Å². The van der Waals surface area contributed by atoms with Crippen molar-refractivity contribution in [1.29, 1.82) is 0 Å². The number of benzene rings is 2. The zero-order chi connectivity index (χ0) is 13.4. The van der Waals surface area contributed by atoms with Gasteiger partial charge in [-0.25, -0.2) is 4.68 Å². The van der Waals surface area contributed by atoms with Gasteiger partial charge >= 0.3 is 0 Å². The van der Waals surface area contributed by atoms with Gasteiger partial charge in [-0.1, -0.05) is 22.9 Å². The first kappa shape index (κ1) is 11.4. The highest BCUT2D eigenvalue weighted by Gasteiger charge is 2.09. The minimum absolute atomic E-state index is 0.434. The third kappa shape index (κ3) is 1.95. The topological polar surface area (TPSA) is 73.8 Å². The molecule has 0 atom stereocenters. The summed E-state index contributed by atoms with van der Waals surface area (Å²) in [5.41, 5.74) is 9.29. The molecule has 0 fully saturated rings. The SMILES string of the molecule is Cc1ccc(-n2nnc3cc(C(N)=O)ccc32)cc1. The molecule has 5 nitrogen and oxygen atoms in total. The highest BCUT2D eigenvalue weighted by Crippen LogP contribution is 2.17. The fraction of sp³-hybridized carbons (Fsp3) is 0.0714. The largest absolute Gasteiger partial charge is 0.366 e. The van der Waals surface area contributed by atoms with E-state index in [4.69, 9.17) is 5.73 Å². The maximum Gasteiger partial charge on any atom is 0.248 e. The van der Waals surface area contributed by atoms with Crippen LogP contribution < -0.4 is 5.73 Å². The van der Waals surface area contributed by atoms with E-state index >= 15 is 0 Å². The summed E-state index contributed by atoms with van der Waals surface area (Å²) in [4.78, 5) is 11.1. The summed E-state index contributed by atoms with van der Waals surface area (Å²) in [7, 11) is 0. The fourth-order valence-corrected chi connectivity index (χ4v) is 1.95. The fourth-order valence-electron chi connectivity index (χ4n) is 1.95. The van der Waals surface area contributed by atoms with Gasteiger partial charge in [0.15, 0.2) is 0 Å². The summed E-state index contributed by atoms with van der Waals surface area (Å²) >= 11 is 0. The van der Waals surface area contributed by atoms with Crippen LogP contribution in [0.5, 0.6) is 0 Å². The highest BCUT2D eigenvalue weighted by molar-refractivity contribution is 5.96. The Kier molecular flexibility index (Phi) is 2.52. The molecule has 0 saturated carbocycles. The van der Waals surface area contributed by atoms with Crippen LogP contribution in [0.2, 0.25) is 0 Å². The van der Waals surface area contributed by atoms with Gasteiger partial charge in [0, 0.05) is 5.56 Å². The van der Waals surface area contributed by atoms with Gasteiger partial charge in [0.2, 0.25) is 5.91 Å². The Morgan fingerprint density at radius 3 is 2.58 bits per heavy atom. The maximum atomic E-state index is 11.1. The lowest BCUT2D eigenvalue weighted by Gasteiger charge is -2.02. The second-order valence-electron chi connectivity index (χ2n) is 4.40. The van der Waals surface area contributed by atoms with Crippen LogP contribution >= 0.6 is 0 Å². The second kappa shape index (κ2) is 4.20. The number of hydrogen-bond donors (Lipinski definition) is 1. The molecular weight excluding hydrogens is 240 g/mol. The van der Waals surface area contributed by atoms with Crippen molar-refractivity contribution in [2.75, 3.05) is 0 Å². The summed E-state index contributed by atoms with van der Waals surface area (Å²) in [6.45, 7) is 2.03. The molecule has 0 radical (unpaired) electrons. The van der Waals surface area contributed by atoms with E-state index < -0.39 is 5.91 Å². The minimum atomic E-state index is -0.466. The predicted molar refractivity (Wildman–Crippen MR) is 72.1 cm³/mol. The van der Waals surface area contributed by atoms with Crippen molar-refractivity contribution < 1.29 is 4.79 Å². The average molecular weight is 252 g/mol. The molecule has 3 aromatic rings. The minimum Gasteiger partial charge on any atom is -0.366 e. The van der Waals surface area contributed by atoms with Gasteiger partial charge in [-0.15, -0.1) is 5.10 Å². The molecule has 1 amide bonds. The third-order valence-corrected chi connectivity index (χ3v) is 3.01. The van der Waals surface area contributed by atoms with E-state index in [-0.39, 0.29) is 0 Å². The zero-order valence-corrected chi connectivity index (χ0v) is 10.4. The van der Waals surface area contributed by atoms with Crippen LogP contribution in [-0.4, -0.2) is 20.9 Å². The van der Waals surface area contributed by atoms with Crippen LogP contribution in [0.25, 0.3) is 16.7 Å². The standard InChI is InChI=1S/C14H12N4O/c1-9-2-5-11(6-3-9)18-13-7-4-10(14(15)19)8-12(13)16-17-18/h2-8H,1H3,(H2,15,19). The maximum absolute atomic E-state index is 11.1. The Labute approximate surface area is 109 Å². The molecule has 0 aliphatic carbocycles. The van der Waals surface area contributed by atoms with Gasteiger partial charge in [0.05, 0.1) is 11.2 Å². The molecular formula is C14H12N4O. The van der Waals surface area contributed by atoms with Gasteiger partial charge in [-0.2, -0.15) is 0 Å². The lowest BCUT2D eigenvalue weighted by atomic mass is 10.2. The van der Waals surface area contributed by atoms with Gasteiger partial charge in [-0.3, -0.25) is 4.79 Å². The summed E-state index contributed by atoms with van der Waals surface area (Å²) in [5, 5.41) is 8.18. The van der Waals surface area contributed by atoms with Crippen LogP contribution in [0.4, 0.5) is 0 Å². The monoisotopic (exact) mass is 252 g/mol. The first-order valence-corrected chi connectivity index (χ1v) is 5.87. The molecule has 94 valence electrons. The first-order valence-electron chi connectivity index (χ1n) is 5.87. The predicted octanol–water partition coefficient (Wildman–Crippen LogP) is 1.83. The van der Waals surface area contributed by atoms with Crippen LogP contribution in [0.3, 0.4) is 0 Å². The molecule has 0 spiro atoms. The number of aromatic nitrogens is 3. The summed E-state index contributed by atoms with van der Waals surface area (Å²) < 4.78 is 1.74. The summed E-state index contributed by atoms with van der Waals surface area (Å²) in [6.07, 6.45) is 0. The van der Waals surface area contributed by atoms with E-state index in [1.807, 2.05) is 31.2 Å². The van der Waals surface area contributed by atoms with Crippen molar-refractivity contribution in [2.45, 2.75) is 6.92 Å². The smallest absolute Gasteiger partial charge is 0.248 e. The number of rotatable bonds is 2. The molecule has 1 heterocycles. The summed E-state index contributed by atoms with van der Waals surface area (Å²) in [5.74, 6) is -0.466. The quantitative estimate of drug-likeness (QED) is 0.756. The number of carbonyl (C=O) groups excluding carboxylic acids is 1. The van der Waals surface area contributed by atoms with Crippen molar-refractivity contribution in [3.8, 4) is 5.69 Å². The van der Waals surface area contributed by atoms with E-state index in [0.29, 0.717) is 11.1 Å². The number of primary amides is 1. The number of amides is 1. The number of carbonyl (C=O) groups is 1.